The van der Waals surface area contributed by atoms with Crippen LogP contribution in [-0.2, 0) is 5.41 Å². The van der Waals surface area contributed by atoms with Crippen LogP contribution < -0.4 is 0 Å². The van der Waals surface area contributed by atoms with Crippen molar-refractivity contribution < 1.29 is 0 Å². The number of rotatable bonds is 8. The summed E-state index contributed by atoms with van der Waals surface area (Å²) in [4.78, 5) is 2.59. The van der Waals surface area contributed by atoms with E-state index in [9.17, 15) is 5.26 Å². The number of nitriles is 1. The van der Waals surface area contributed by atoms with Gasteiger partial charge in [0, 0.05) is 19.0 Å². The molecule has 0 radical (unpaired) electrons. The summed E-state index contributed by atoms with van der Waals surface area (Å²) >= 11 is 6.03. The molecule has 1 saturated heterocycles. The summed E-state index contributed by atoms with van der Waals surface area (Å²) in [6.45, 7) is 3.18. The third-order valence-corrected chi connectivity index (χ3v) is 8.34. The molecule has 0 saturated carbocycles. The van der Waals surface area contributed by atoms with Gasteiger partial charge in [0.1, 0.15) is 0 Å². The van der Waals surface area contributed by atoms with Gasteiger partial charge in [0.2, 0.25) is 0 Å². The number of nitrogens with zero attached hydrogens (tertiary/aromatic N) is 2. The monoisotopic (exact) mass is 506 g/mol. The van der Waals surface area contributed by atoms with Crippen LogP contribution in [0.1, 0.15) is 66.3 Å². The lowest BCUT2D eigenvalue weighted by Crippen LogP contribution is -2.33. The summed E-state index contributed by atoms with van der Waals surface area (Å²) in [5.74, 6) is 0.599. The molecule has 37 heavy (non-hydrogen) atoms. The van der Waals surface area contributed by atoms with E-state index < -0.39 is 5.41 Å². The lowest BCUT2D eigenvalue weighted by Gasteiger charge is -2.32. The van der Waals surface area contributed by atoms with Crippen LogP contribution in [0.3, 0.4) is 0 Å². The second kappa shape index (κ2) is 12.0. The Balaban J connectivity index is 1.29. The van der Waals surface area contributed by atoms with E-state index in [-0.39, 0.29) is 0 Å². The Bertz CT molecular complexity index is 1260. The predicted molar refractivity (Wildman–Crippen MR) is 156 cm³/mol. The van der Waals surface area contributed by atoms with E-state index in [0.29, 0.717) is 5.88 Å². The van der Waals surface area contributed by atoms with Crippen LogP contribution in [0, 0.1) is 11.3 Å². The van der Waals surface area contributed by atoms with Crippen molar-refractivity contribution in [2.45, 2.75) is 43.9 Å². The summed E-state index contributed by atoms with van der Waals surface area (Å²) < 4.78 is 0. The quantitative estimate of drug-likeness (QED) is 0.224. The van der Waals surface area contributed by atoms with Gasteiger partial charge in [-0.25, -0.2) is 0 Å². The highest BCUT2D eigenvalue weighted by molar-refractivity contribution is 6.17. The molecule has 1 atom stereocenters. The molecule has 1 fully saturated rings. The van der Waals surface area contributed by atoms with Crippen molar-refractivity contribution in [2.24, 2.45) is 0 Å². The number of likely N-dealkylation sites (tertiary alicyclic amines) is 1. The fourth-order valence-corrected chi connectivity index (χ4v) is 6.20. The topological polar surface area (TPSA) is 27.0 Å². The largest absolute Gasteiger partial charge is 0.303 e. The molecule has 0 N–H and O–H groups in total. The first kappa shape index (κ1) is 25.5. The maximum atomic E-state index is 10.2. The molecule has 3 heteroatoms. The Morgan fingerprint density at radius 1 is 0.757 bits per heavy atom. The maximum absolute atomic E-state index is 10.2. The predicted octanol–water partition coefficient (Wildman–Crippen LogP) is 8.33. The number of halogens is 1. The molecule has 0 amide bonds. The Kier molecular flexibility index (Phi) is 8.24. The van der Waals surface area contributed by atoms with Crippen molar-refractivity contribution >= 4 is 29.3 Å². The van der Waals surface area contributed by atoms with Gasteiger partial charge in [-0.3, -0.25) is 0 Å². The summed E-state index contributed by atoms with van der Waals surface area (Å²) in [5, 5.41) is 10.2. The van der Waals surface area contributed by atoms with Gasteiger partial charge in [0.15, 0.2) is 0 Å². The normalized spacial score (nSPS) is 16.9. The average molecular weight is 507 g/mol. The van der Waals surface area contributed by atoms with E-state index in [4.69, 9.17) is 11.6 Å². The lowest BCUT2D eigenvalue weighted by molar-refractivity contribution is 0.244. The van der Waals surface area contributed by atoms with Gasteiger partial charge >= 0.3 is 0 Å². The molecule has 1 aliphatic carbocycles. The molecule has 0 aromatic heterocycles. The van der Waals surface area contributed by atoms with Crippen LogP contribution in [0.15, 0.2) is 84.4 Å². The van der Waals surface area contributed by atoms with Crippen LogP contribution in [0.5, 0.6) is 0 Å². The van der Waals surface area contributed by atoms with Crippen LogP contribution >= 0.6 is 11.6 Å². The van der Waals surface area contributed by atoms with Gasteiger partial charge in [-0.1, -0.05) is 96.6 Å². The van der Waals surface area contributed by atoms with E-state index in [1.807, 2.05) is 18.2 Å². The third-order valence-electron chi connectivity index (χ3n) is 8.07. The average Bonchev–Trinajstić information content (AvgIpc) is 3.13. The van der Waals surface area contributed by atoms with Gasteiger partial charge in [0.25, 0.3) is 0 Å². The van der Waals surface area contributed by atoms with Gasteiger partial charge in [-0.15, -0.1) is 11.6 Å². The number of benzene rings is 3. The molecule has 0 bridgehead atoms. The zero-order valence-electron chi connectivity index (χ0n) is 21.5. The molecular weight excluding hydrogens is 472 g/mol. The molecule has 3 aromatic carbocycles. The minimum absolute atomic E-state index is 0.445. The number of fused-ring (bicyclic) bond motifs is 2. The maximum Gasteiger partial charge on any atom is 0.0823 e. The summed E-state index contributed by atoms with van der Waals surface area (Å²) in [7, 11) is 0. The highest BCUT2D eigenvalue weighted by Gasteiger charge is 2.31. The van der Waals surface area contributed by atoms with Gasteiger partial charge in [0.05, 0.1) is 11.5 Å². The second-order valence-corrected chi connectivity index (χ2v) is 10.7. The fourth-order valence-electron chi connectivity index (χ4n) is 6.06. The first-order chi connectivity index (χ1) is 18.2. The number of hydrogen-bond donors (Lipinski definition) is 0. The zero-order chi connectivity index (χ0) is 25.5. The molecule has 0 spiro atoms. The molecule has 1 heterocycles. The van der Waals surface area contributed by atoms with Crippen molar-refractivity contribution in [2.75, 3.05) is 25.5 Å². The van der Waals surface area contributed by atoms with Crippen LogP contribution in [-0.4, -0.2) is 30.4 Å². The summed E-state index contributed by atoms with van der Waals surface area (Å²) in [6, 6.07) is 30.6. The van der Waals surface area contributed by atoms with Crippen LogP contribution in [0.2, 0.25) is 0 Å². The van der Waals surface area contributed by atoms with E-state index in [2.05, 4.69) is 83.8 Å². The molecule has 1 unspecified atom stereocenters. The van der Waals surface area contributed by atoms with Crippen molar-refractivity contribution in [3.05, 3.63) is 112 Å². The van der Waals surface area contributed by atoms with Crippen molar-refractivity contribution in [1.29, 1.82) is 5.26 Å². The zero-order valence-corrected chi connectivity index (χ0v) is 22.3. The van der Waals surface area contributed by atoms with E-state index in [0.717, 1.165) is 63.7 Å². The number of piperidine rings is 1. The third kappa shape index (κ3) is 5.59. The van der Waals surface area contributed by atoms with Crippen molar-refractivity contribution in [1.82, 2.24) is 4.90 Å². The highest BCUT2D eigenvalue weighted by Crippen LogP contribution is 2.39. The van der Waals surface area contributed by atoms with E-state index in [1.165, 1.54) is 27.8 Å². The lowest BCUT2D eigenvalue weighted by atomic mass is 9.74. The molecule has 2 nitrogen and oxygen atoms in total. The molecule has 3 aromatic rings. The molecule has 2 aliphatic rings. The van der Waals surface area contributed by atoms with E-state index >= 15 is 0 Å². The second-order valence-electron chi connectivity index (χ2n) is 10.3. The van der Waals surface area contributed by atoms with Gasteiger partial charge < -0.3 is 4.90 Å². The first-order valence-electron chi connectivity index (χ1n) is 13.6. The highest BCUT2D eigenvalue weighted by atomic mass is 35.5. The smallest absolute Gasteiger partial charge is 0.0823 e. The van der Waals surface area contributed by atoms with Gasteiger partial charge in [-0.2, -0.15) is 5.26 Å². The minimum atomic E-state index is -0.445. The molecule has 1 aliphatic heterocycles. The Morgan fingerprint density at radius 3 is 1.92 bits per heavy atom. The Morgan fingerprint density at radius 2 is 1.32 bits per heavy atom. The molecule has 188 valence electrons. The number of hydrogen-bond acceptors (Lipinski definition) is 2. The Labute approximate surface area is 226 Å². The molecular formula is C34H35ClN2. The van der Waals surface area contributed by atoms with E-state index in [1.54, 1.807) is 5.57 Å². The summed E-state index contributed by atoms with van der Waals surface area (Å²) in [6.07, 6.45) is 10.3. The van der Waals surface area contributed by atoms with Crippen LogP contribution in [0.25, 0.3) is 17.7 Å². The Hall–Kier alpha value is -3.12. The van der Waals surface area contributed by atoms with Crippen LogP contribution in [0.4, 0.5) is 0 Å². The number of alkyl halides is 1. The SMILES string of the molecule is N#CC(CCCCl)(CCCN1CCC(=C2c3ccccc3C=Cc3ccccc32)CC1)c1ccccc1. The van der Waals surface area contributed by atoms with Crippen molar-refractivity contribution in [3.8, 4) is 6.07 Å². The first-order valence-corrected chi connectivity index (χ1v) is 14.1. The molecule has 5 rings (SSSR count). The standard InChI is InChI=1S/C34H35ClN2/c35-22-8-20-34(26-36,30-12-2-1-3-13-30)21-9-23-37-24-18-29(19-25-37)33-31-14-6-4-10-27(31)16-17-28-11-5-7-15-32(28)33/h1-7,10-17H,8-9,18-25H2. The summed E-state index contributed by atoms with van der Waals surface area (Å²) in [5.41, 5.74) is 9.00. The minimum Gasteiger partial charge on any atom is -0.303 e. The fraction of sp³-hybridized carbons (Fsp3) is 0.324. The van der Waals surface area contributed by atoms with Crippen molar-refractivity contribution in [3.63, 3.8) is 0 Å². The van der Waals surface area contributed by atoms with Gasteiger partial charge in [-0.05, 0) is 78.5 Å².